The summed E-state index contributed by atoms with van der Waals surface area (Å²) in [7, 11) is 0. The van der Waals surface area contributed by atoms with Crippen molar-refractivity contribution in [1.82, 2.24) is 10.2 Å². The number of nitrogens with one attached hydrogen (secondary N) is 1. The van der Waals surface area contributed by atoms with E-state index in [9.17, 15) is 13.2 Å². The van der Waals surface area contributed by atoms with Gasteiger partial charge in [0.2, 0.25) is 0 Å². The van der Waals surface area contributed by atoms with Crippen LogP contribution in [-0.4, -0.2) is 55.0 Å². The number of aliphatic hydroxyl groups excluding tert-OH is 1. The smallest absolute Gasteiger partial charge is 0.393 e. The Morgan fingerprint density at radius 3 is 2.29 bits per heavy atom. The fraction of sp³-hybridized carbons (Fsp3) is 1.00. The molecule has 2 N–H and O–H groups in total. The van der Waals surface area contributed by atoms with Crippen LogP contribution in [0.5, 0.6) is 0 Å². The maximum absolute atomic E-state index is 12.8. The minimum Gasteiger partial charge on any atom is -0.396 e. The van der Waals surface area contributed by atoms with Crippen LogP contribution < -0.4 is 5.32 Å². The van der Waals surface area contributed by atoms with E-state index in [0.29, 0.717) is 6.54 Å². The van der Waals surface area contributed by atoms with E-state index in [0.717, 1.165) is 25.9 Å². The van der Waals surface area contributed by atoms with Crippen LogP contribution in [0.25, 0.3) is 0 Å². The Kier molecular flexibility index (Phi) is 3.95. The molecule has 100 valence electrons. The second kappa shape index (κ2) is 5.12. The fourth-order valence-electron chi connectivity index (χ4n) is 2.93. The Bertz CT molecular complexity index is 254. The molecule has 0 radical (unpaired) electrons. The molecular formula is C11H19F3N2O. The van der Waals surface area contributed by atoms with Crippen molar-refractivity contribution in [2.45, 2.75) is 25.1 Å². The van der Waals surface area contributed by atoms with E-state index < -0.39 is 18.0 Å². The molecule has 0 aromatic rings. The number of alkyl halides is 3. The number of hydrogen-bond acceptors (Lipinski definition) is 3. The first-order valence-corrected chi connectivity index (χ1v) is 6.14. The van der Waals surface area contributed by atoms with Gasteiger partial charge in [0, 0.05) is 31.7 Å². The zero-order valence-corrected chi connectivity index (χ0v) is 9.71. The Morgan fingerprint density at radius 1 is 1.18 bits per heavy atom. The molecule has 2 aliphatic rings. The van der Waals surface area contributed by atoms with Gasteiger partial charge in [-0.25, -0.2) is 0 Å². The highest BCUT2D eigenvalue weighted by molar-refractivity contribution is 4.92. The van der Waals surface area contributed by atoms with E-state index >= 15 is 0 Å². The van der Waals surface area contributed by atoms with Crippen molar-refractivity contribution in [2.24, 2.45) is 11.8 Å². The number of piperidine rings is 1. The molecule has 0 bridgehead atoms. The monoisotopic (exact) mass is 252 g/mol. The SMILES string of the molecule is OC[C@H]1CN(C2CCNCC2)C[C@H]1C(F)(F)F. The lowest BCUT2D eigenvalue weighted by Crippen LogP contribution is -2.42. The second-order valence-electron chi connectivity index (χ2n) is 5.03. The number of halogens is 3. The summed E-state index contributed by atoms with van der Waals surface area (Å²) in [5.74, 6) is -2.01. The van der Waals surface area contributed by atoms with E-state index in [1.165, 1.54) is 0 Å². The van der Waals surface area contributed by atoms with E-state index in [2.05, 4.69) is 5.32 Å². The van der Waals surface area contributed by atoms with Gasteiger partial charge in [0.1, 0.15) is 0 Å². The zero-order valence-electron chi connectivity index (χ0n) is 9.71. The standard InChI is InChI=1S/C11H19F3N2O/c12-11(13,14)10-6-16(5-8(10)7-17)9-1-3-15-4-2-9/h8-10,15,17H,1-7H2/t8-,10-/m1/s1. The summed E-state index contributed by atoms with van der Waals surface area (Å²) in [6.45, 7) is 1.82. The molecule has 0 aromatic heterocycles. The second-order valence-corrected chi connectivity index (χ2v) is 5.03. The molecule has 3 nitrogen and oxygen atoms in total. The van der Waals surface area contributed by atoms with Gasteiger partial charge in [-0.1, -0.05) is 0 Å². The molecule has 0 aliphatic carbocycles. The molecule has 2 saturated heterocycles. The van der Waals surface area contributed by atoms with Crippen LogP contribution in [0.15, 0.2) is 0 Å². The first-order chi connectivity index (χ1) is 8.02. The number of likely N-dealkylation sites (tertiary alicyclic amines) is 1. The molecule has 0 spiro atoms. The van der Waals surface area contributed by atoms with Crippen LogP contribution in [0.2, 0.25) is 0 Å². The van der Waals surface area contributed by atoms with Gasteiger partial charge in [-0.05, 0) is 25.9 Å². The average molecular weight is 252 g/mol. The predicted molar refractivity (Wildman–Crippen MR) is 57.6 cm³/mol. The molecule has 17 heavy (non-hydrogen) atoms. The maximum atomic E-state index is 12.8. The molecule has 6 heteroatoms. The van der Waals surface area contributed by atoms with Crippen molar-refractivity contribution < 1.29 is 18.3 Å². The highest BCUT2D eigenvalue weighted by Crippen LogP contribution is 2.38. The molecule has 0 saturated carbocycles. The number of rotatable bonds is 2. The van der Waals surface area contributed by atoms with Crippen molar-refractivity contribution in [3.05, 3.63) is 0 Å². The first-order valence-electron chi connectivity index (χ1n) is 6.14. The van der Waals surface area contributed by atoms with Gasteiger partial charge in [-0.15, -0.1) is 0 Å². The minimum atomic E-state index is -4.19. The Morgan fingerprint density at radius 2 is 1.82 bits per heavy atom. The summed E-state index contributed by atoms with van der Waals surface area (Å²) in [5.41, 5.74) is 0. The largest absolute Gasteiger partial charge is 0.396 e. The number of aliphatic hydroxyl groups is 1. The van der Waals surface area contributed by atoms with Crippen LogP contribution in [0.4, 0.5) is 13.2 Å². The van der Waals surface area contributed by atoms with Gasteiger partial charge in [0.15, 0.2) is 0 Å². The lowest BCUT2D eigenvalue weighted by atomic mass is 9.97. The number of nitrogens with zero attached hydrogens (tertiary/aromatic N) is 1. The Hall–Kier alpha value is -0.330. The Labute approximate surface area is 99.0 Å². The van der Waals surface area contributed by atoms with Crippen LogP contribution in [-0.2, 0) is 0 Å². The van der Waals surface area contributed by atoms with Gasteiger partial charge in [-0.3, -0.25) is 4.90 Å². The third-order valence-electron chi connectivity index (χ3n) is 3.95. The third-order valence-corrected chi connectivity index (χ3v) is 3.95. The van der Waals surface area contributed by atoms with E-state index in [-0.39, 0.29) is 19.2 Å². The van der Waals surface area contributed by atoms with Crippen molar-refractivity contribution in [3.8, 4) is 0 Å². The van der Waals surface area contributed by atoms with Crippen LogP contribution in [0.1, 0.15) is 12.8 Å². The third kappa shape index (κ3) is 2.92. The molecular weight excluding hydrogens is 233 g/mol. The van der Waals surface area contributed by atoms with E-state index in [1.807, 2.05) is 4.90 Å². The summed E-state index contributed by atoms with van der Waals surface area (Å²) in [6.07, 6.45) is -2.37. The van der Waals surface area contributed by atoms with Crippen molar-refractivity contribution in [2.75, 3.05) is 32.8 Å². The predicted octanol–water partition coefficient (Wildman–Crippen LogP) is 0.841. The van der Waals surface area contributed by atoms with Crippen LogP contribution in [0, 0.1) is 11.8 Å². The molecule has 0 amide bonds. The number of hydrogen-bond donors (Lipinski definition) is 2. The van der Waals surface area contributed by atoms with Crippen LogP contribution in [0.3, 0.4) is 0 Å². The summed E-state index contributed by atoms with van der Waals surface area (Å²) in [4.78, 5) is 1.92. The lowest BCUT2D eigenvalue weighted by molar-refractivity contribution is -0.183. The average Bonchev–Trinajstić information content (AvgIpc) is 2.74. The molecule has 2 atom stereocenters. The van der Waals surface area contributed by atoms with Gasteiger partial charge >= 0.3 is 6.18 Å². The highest BCUT2D eigenvalue weighted by Gasteiger charge is 2.50. The van der Waals surface area contributed by atoms with Crippen molar-refractivity contribution in [1.29, 1.82) is 0 Å². The molecule has 0 unspecified atom stereocenters. The van der Waals surface area contributed by atoms with Gasteiger partial charge < -0.3 is 10.4 Å². The summed E-state index contributed by atoms with van der Waals surface area (Å²) in [6, 6.07) is 0.248. The fourth-order valence-corrected chi connectivity index (χ4v) is 2.93. The quantitative estimate of drug-likeness (QED) is 0.764. The normalized spacial score (nSPS) is 33.2. The first kappa shape index (κ1) is 13.1. The van der Waals surface area contributed by atoms with Crippen molar-refractivity contribution in [3.63, 3.8) is 0 Å². The zero-order chi connectivity index (χ0) is 12.5. The molecule has 2 heterocycles. The molecule has 2 fully saturated rings. The van der Waals surface area contributed by atoms with Gasteiger partial charge in [0.25, 0.3) is 0 Å². The molecule has 2 aliphatic heterocycles. The Balaban J connectivity index is 1.98. The highest BCUT2D eigenvalue weighted by atomic mass is 19.4. The topological polar surface area (TPSA) is 35.5 Å². The molecule has 0 aromatic carbocycles. The van der Waals surface area contributed by atoms with Crippen molar-refractivity contribution >= 4 is 0 Å². The van der Waals surface area contributed by atoms with Crippen LogP contribution >= 0.6 is 0 Å². The molecule has 2 rings (SSSR count). The minimum absolute atomic E-state index is 0.0550. The van der Waals surface area contributed by atoms with Gasteiger partial charge in [-0.2, -0.15) is 13.2 Å². The summed E-state index contributed by atoms with van der Waals surface area (Å²) in [5, 5.41) is 12.3. The van der Waals surface area contributed by atoms with Gasteiger partial charge in [0.05, 0.1) is 5.92 Å². The van der Waals surface area contributed by atoms with E-state index in [4.69, 9.17) is 5.11 Å². The maximum Gasteiger partial charge on any atom is 0.393 e. The lowest BCUT2D eigenvalue weighted by Gasteiger charge is -2.31. The summed E-state index contributed by atoms with van der Waals surface area (Å²) < 4.78 is 38.4. The summed E-state index contributed by atoms with van der Waals surface area (Å²) >= 11 is 0. The van der Waals surface area contributed by atoms with E-state index in [1.54, 1.807) is 0 Å².